The smallest absolute Gasteiger partial charge is 0.293 e. The SMILES string of the molecule is O=C(NCCN1C(=O)SC(=Cc2ccccc2)C1=O)c1ccc(F)cc1. The number of halogens is 1. The Morgan fingerprint density at radius 3 is 2.46 bits per heavy atom. The Labute approximate surface area is 153 Å². The second kappa shape index (κ2) is 7.97. The second-order valence-electron chi connectivity index (χ2n) is 5.51. The van der Waals surface area contributed by atoms with Crippen molar-refractivity contribution in [2.45, 2.75) is 0 Å². The number of benzene rings is 2. The molecule has 3 amide bonds. The molecule has 0 bridgehead atoms. The van der Waals surface area contributed by atoms with Crippen LogP contribution in [-0.4, -0.2) is 35.0 Å². The van der Waals surface area contributed by atoms with Crippen LogP contribution in [0, 0.1) is 5.82 Å². The van der Waals surface area contributed by atoms with Gasteiger partial charge in [-0.3, -0.25) is 19.3 Å². The van der Waals surface area contributed by atoms with Gasteiger partial charge in [-0.2, -0.15) is 0 Å². The first kappa shape index (κ1) is 17.9. The van der Waals surface area contributed by atoms with E-state index in [4.69, 9.17) is 0 Å². The van der Waals surface area contributed by atoms with Gasteiger partial charge < -0.3 is 5.32 Å². The quantitative estimate of drug-likeness (QED) is 0.820. The minimum Gasteiger partial charge on any atom is -0.350 e. The van der Waals surface area contributed by atoms with Crippen LogP contribution in [0.15, 0.2) is 59.5 Å². The fourth-order valence-corrected chi connectivity index (χ4v) is 3.24. The Morgan fingerprint density at radius 2 is 1.77 bits per heavy atom. The van der Waals surface area contributed by atoms with Gasteiger partial charge in [0.2, 0.25) is 0 Å². The molecule has 0 saturated carbocycles. The summed E-state index contributed by atoms with van der Waals surface area (Å²) < 4.78 is 12.9. The molecule has 0 spiro atoms. The number of imide groups is 1. The van der Waals surface area contributed by atoms with Gasteiger partial charge in [-0.15, -0.1) is 0 Å². The van der Waals surface area contributed by atoms with Gasteiger partial charge in [0.05, 0.1) is 4.91 Å². The van der Waals surface area contributed by atoms with Gasteiger partial charge >= 0.3 is 0 Å². The molecule has 2 aromatic rings. The number of hydrogen-bond acceptors (Lipinski definition) is 4. The maximum absolute atomic E-state index is 12.9. The van der Waals surface area contributed by atoms with Crippen LogP contribution >= 0.6 is 11.8 Å². The van der Waals surface area contributed by atoms with E-state index < -0.39 is 11.7 Å². The number of rotatable bonds is 5. The third-order valence-corrected chi connectivity index (χ3v) is 4.61. The molecule has 0 unspecified atom stereocenters. The molecule has 0 atom stereocenters. The van der Waals surface area contributed by atoms with Gasteiger partial charge in [0, 0.05) is 18.7 Å². The number of hydrogen-bond donors (Lipinski definition) is 1. The molecule has 132 valence electrons. The van der Waals surface area contributed by atoms with Crippen molar-refractivity contribution in [1.82, 2.24) is 10.2 Å². The molecule has 1 N–H and O–H groups in total. The summed E-state index contributed by atoms with van der Waals surface area (Å²) in [6, 6.07) is 14.4. The summed E-state index contributed by atoms with van der Waals surface area (Å²) in [5.74, 6) is -1.19. The van der Waals surface area contributed by atoms with E-state index in [0.717, 1.165) is 22.2 Å². The van der Waals surface area contributed by atoms with Crippen molar-refractivity contribution in [3.05, 3.63) is 76.4 Å². The number of carbonyl (C=O) groups is 3. The van der Waals surface area contributed by atoms with E-state index in [9.17, 15) is 18.8 Å². The summed E-state index contributed by atoms with van der Waals surface area (Å²) >= 11 is 0.878. The highest BCUT2D eigenvalue weighted by Gasteiger charge is 2.34. The van der Waals surface area contributed by atoms with Gasteiger partial charge in [-0.05, 0) is 47.7 Å². The van der Waals surface area contributed by atoms with Gasteiger partial charge in [-0.1, -0.05) is 30.3 Å². The first-order chi connectivity index (χ1) is 12.5. The summed E-state index contributed by atoms with van der Waals surface area (Å²) in [7, 11) is 0. The lowest BCUT2D eigenvalue weighted by molar-refractivity contribution is -0.122. The monoisotopic (exact) mass is 370 g/mol. The van der Waals surface area contributed by atoms with E-state index in [0.29, 0.717) is 10.5 Å². The van der Waals surface area contributed by atoms with Crippen molar-refractivity contribution in [2.75, 3.05) is 13.1 Å². The predicted molar refractivity (Wildman–Crippen MR) is 97.9 cm³/mol. The van der Waals surface area contributed by atoms with E-state index in [2.05, 4.69) is 5.32 Å². The molecule has 7 heteroatoms. The van der Waals surface area contributed by atoms with E-state index in [1.807, 2.05) is 30.3 Å². The highest BCUT2D eigenvalue weighted by Crippen LogP contribution is 2.31. The van der Waals surface area contributed by atoms with Crippen LogP contribution in [0.25, 0.3) is 6.08 Å². The summed E-state index contributed by atoms with van der Waals surface area (Å²) in [5, 5.41) is 2.25. The van der Waals surface area contributed by atoms with Crippen molar-refractivity contribution < 1.29 is 18.8 Å². The molecule has 3 rings (SSSR count). The fraction of sp³-hybridized carbons (Fsp3) is 0.105. The van der Waals surface area contributed by atoms with Gasteiger partial charge in [0.1, 0.15) is 5.82 Å². The Bertz CT molecular complexity index is 866. The third kappa shape index (κ3) is 4.18. The Kier molecular flexibility index (Phi) is 5.48. The van der Waals surface area contributed by atoms with Crippen molar-refractivity contribution >= 4 is 34.9 Å². The van der Waals surface area contributed by atoms with E-state index >= 15 is 0 Å². The van der Waals surface area contributed by atoms with Crippen LogP contribution < -0.4 is 5.32 Å². The maximum Gasteiger partial charge on any atom is 0.293 e. The topological polar surface area (TPSA) is 66.5 Å². The summed E-state index contributed by atoms with van der Waals surface area (Å²) in [6.07, 6.45) is 1.67. The van der Waals surface area contributed by atoms with Crippen LogP contribution in [0.3, 0.4) is 0 Å². The molecular weight excluding hydrogens is 355 g/mol. The Hall–Kier alpha value is -2.93. The first-order valence-electron chi connectivity index (χ1n) is 7.89. The van der Waals surface area contributed by atoms with Crippen molar-refractivity contribution in [2.24, 2.45) is 0 Å². The van der Waals surface area contributed by atoms with Crippen LogP contribution in [0.1, 0.15) is 15.9 Å². The van der Waals surface area contributed by atoms with Crippen molar-refractivity contribution in [3.8, 4) is 0 Å². The van der Waals surface area contributed by atoms with E-state index in [1.54, 1.807) is 6.08 Å². The van der Waals surface area contributed by atoms with Crippen molar-refractivity contribution in [1.29, 1.82) is 0 Å². The van der Waals surface area contributed by atoms with E-state index in [1.165, 1.54) is 24.3 Å². The molecule has 0 aromatic heterocycles. The average Bonchev–Trinajstić information content (AvgIpc) is 2.90. The highest BCUT2D eigenvalue weighted by molar-refractivity contribution is 8.18. The normalized spacial score (nSPS) is 15.6. The zero-order chi connectivity index (χ0) is 18.5. The largest absolute Gasteiger partial charge is 0.350 e. The maximum atomic E-state index is 12.9. The number of thioether (sulfide) groups is 1. The Balaban J connectivity index is 1.57. The summed E-state index contributed by atoms with van der Waals surface area (Å²) in [4.78, 5) is 37.8. The molecule has 1 aliphatic rings. The minimum atomic E-state index is -0.426. The number of carbonyl (C=O) groups excluding carboxylic acids is 3. The Morgan fingerprint density at radius 1 is 1.08 bits per heavy atom. The zero-order valence-electron chi connectivity index (χ0n) is 13.6. The summed E-state index contributed by atoms with van der Waals surface area (Å²) in [6.45, 7) is 0.191. The van der Waals surface area contributed by atoms with Gasteiger partial charge in [0.25, 0.3) is 17.1 Å². The first-order valence-corrected chi connectivity index (χ1v) is 8.70. The van der Waals surface area contributed by atoms with Gasteiger partial charge in [-0.25, -0.2) is 4.39 Å². The fourth-order valence-electron chi connectivity index (χ4n) is 2.38. The standard InChI is InChI=1S/C19H15FN2O3S/c20-15-8-6-14(7-9-15)17(23)21-10-11-22-18(24)16(26-19(22)25)12-13-4-2-1-3-5-13/h1-9,12H,10-11H2,(H,21,23). The lowest BCUT2D eigenvalue weighted by Gasteiger charge is -2.13. The van der Waals surface area contributed by atoms with Crippen LogP contribution in [0.2, 0.25) is 0 Å². The van der Waals surface area contributed by atoms with Crippen LogP contribution in [-0.2, 0) is 4.79 Å². The molecule has 1 aliphatic heterocycles. The molecular formula is C19H15FN2O3S. The minimum absolute atomic E-state index is 0.0731. The molecule has 5 nitrogen and oxygen atoms in total. The third-order valence-electron chi connectivity index (χ3n) is 3.70. The zero-order valence-corrected chi connectivity index (χ0v) is 14.5. The number of nitrogens with zero attached hydrogens (tertiary/aromatic N) is 1. The van der Waals surface area contributed by atoms with Crippen LogP contribution in [0.5, 0.6) is 0 Å². The molecule has 26 heavy (non-hydrogen) atoms. The second-order valence-corrected chi connectivity index (χ2v) is 6.50. The molecule has 0 aliphatic carbocycles. The molecule has 1 fully saturated rings. The highest BCUT2D eigenvalue weighted by atomic mass is 32.2. The number of nitrogens with one attached hydrogen (secondary N) is 1. The van der Waals surface area contributed by atoms with E-state index in [-0.39, 0.29) is 24.2 Å². The van der Waals surface area contributed by atoms with Crippen LogP contribution in [0.4, 0.5) is 9.18 Å². The molecule has 0 radical (unpaired) electrons. The predicted octanol–water partition coefficient (Wildman–Crippen LogP) is 3.29. The molecule has 2 aromatic carbocycles. The van der Waals surface area contributed by atoms with Gasteiger partial charge in [0.15, 0.2) is 0 Å². The average molecular weight is 370 g/mol. The number of amides is 3. The molecule has 1 heterocycles. The summed E-state index contributed by atoms with van der Waals surface area (Å²) in [5.41, 5.74) is 1.15. The lowest BCUT2D eigenvalue weighted by Crippen LogP contribution is -2.37. The lowest BCUT2D eigenvalue weighted by atomic mass is 10.2. The molecule has 1 saturated heterocycles. The van der Waals surface area contributed by atoms with Crippen molar-refractivity contribution in [3.63, 3.8) is 0 Å².